The summed E-state index contributed by atoms with van der Waals surface area (Å²) in [6.07, 6.45) is 4.26. The van der Waals surface area contributed by atoms with Gasteiger partial charge in [0.05, 0.1) is 17.5 Å². The van der Waals surface area contributed by atoms with Gasteiger partial charge in [0.1, 0.15) is 0 Å². The Kier molecular flexibility index (Phi) is 4.16. The van der Waals surface area contributed by atoms with Crippen molar-refractivity contribution in [3.63, 3.8) is 0 Å². The van der Waals surface area contributed by atoms with E-state index in [9.17, 15) is 4.79 Å². The number of halogens is 1. The predicted octanol–water partition coefficient (Wildman–Crippen LogP) is 1.87. The van der Waals surface area contributed by atoms with E-state index < -0.39 is 0 Å². The second-order valence-corrected chi connectivity index (χ2v) is 5.46. The molecule has 5 nitrogen and oxygen atoms in total. The summed E-state index contributed by atoms with van der Waals surface area (Å²) >= 11 is 3.31. The van der Waals surface area contributed by atoms with Gasteiger partial charge in [0, 0.05) is 25.5 Å². The lowest BCUT2D eigenvalue weighted by Gasteiger charge is -2.35. The van der Waals surface area contributed by atoms with Crippen molar-refractivity contribution in [2.24, 2.45) is 11.8 Å². The number of carbonyl (C=O) groups is 1. The first-order valence-electron chi connectivity index (χ1n) is 5.92. The zero-order chi connectivity index (χ0) is 13.1. The van der Waals surface area contributed by atoms with Crippen LogP contribution < -0.4 is 4.90 Å². The van der Waals surface area contributed by atoms with Crippen molar-refractivity contribution in [3.05, 3.63) is 16.9 Å². The van der Waals surface area contributed by atoms with Gasteiger partial charge in [-0.15, -0.1) is 0 Å². The molecule has 1 aromatic rings. The molecule has 2 unspecified atom stereocenters. The molecule has 0 aromatic carbocycles. The third-order valence-electron chi connectivity index (χ3n) is 3.30. The first-order valence-corrected chi connectivity index (χ1v) is 6.71. The summed E-state index contributed by atoms with van der Waals surface area (Å²) in [7, 11) is 1.44. The lowest BCUT2D eigenvalue weighted by Crippen LogP contribution is -2.43. The highest BCUT2D eigenvalue weighted by molar-refractivity contribution is 9.10. The van der Waals surface area contributed by atoms with Crippen LogP contribution in [0.2, 0.25) is 0 Å². The molecule has 1 saturated heterocycles. The summed E-state index contributed by atoms with van der Waals surface area (Å²) in [5, 5.41) is 0. The lowest BCUT2D eigenvalue weighted by atomic mass is 9.87. The first-order chi connectivity index (χ1) is 8.61. The number of methoxy groups -OCH3 is 1. The molecule has 0 spiro atoms. The van der Waals surface area contributed by atoms with Crippen LogP contribution in [0.5, 0.6) is 0 Å². The molecule has 1 aliphatic heterocycles. The number of aromatic nitrogens is 2. The van der Waals surface area contributed by atoms with E-state index in [1.807, 2.05) is 0 Å². The van der Waals surface area contributed by atoms with Gasteiger partial charge < -0.3 is 9.64 Å². The Morgan fingerprint density at radius 3 is 2.72 bits per heavy atom. The minimum atomic E-state index is -0.112. The molecule has 2 heterocycles. The van der Waals surface area contributed by atoms with E-state index in [0.29, 0.717) is 5.95 Å². The number of nitrogens with zero attached hydrogens (tertiary/aromatic N) is 3. The van der Waals surface area contributed by atoms with Gasteiger partial charge in [0.15, 0.2) is 0 Å². The molecule has 1 aromatic heterocycles. The summed E-state index contributed by atoms with van der Waals surface area (Å²) in [4.78, 5) is 22.3. The van der Waals surface area contributed by atoms with E-state index in [1.165, 1.54) is 7.11 Å². The van der Waals surface area contributed by atoms with Crippen LogP contribution in [0.1, 0.15) is 13.3 Å². The molecule has 0 saturated carbocycles. The fourth-order valence-corrected chi connectivity index (χ4v) is 2.50. The molecule has 0 bridgehead atoms. The van der Waals surface area contributed by atoms with Gasteiger partial charge in [-0.25, -0.2) is 9.97 Å². The molecule has 0 radical (unpaired) electrons. The average Bonchev–Trinajstić information content (AvgIpc) is 2.38. The van der Waals surface area contributed by atoms with Crippen LogP contribution in [0.3, 0.4) is 0 Å². The van der Waals surface area contributed by atoms with Gasteiger partial charge in [-0.2, -0.15) is 0 Å². The molecule has 0 amide bonds. The second-order valence-electron chi connectivity index (χ2n) is 4.54. The Morgan fingerprint density at radius 1 is 1.50 bits per heavy atom. The van der Waals surface area contributed by atoms with E-state index >= 15 is 0 Å². The molecule has 6 heteroatoms. The van der Waals surface area contributed by atoms with Crippen molar-refractivity contribution in [2.75, 3.05) is 25.1 Å². The Balaban J connectivity index is 2.04. The number of ether oxygens (including phenoxy) is 1. The predicted molar refractivity (Wildman–Crippen MR) is 71.2 cm³/mol. The van der Waals surface area contributed by atoms with E-state index in [2.05, 4.69) is 37.7 Å². The Hall–Kier alpha value is -1.17. The number of hydrogen-bond donors (Lipinski definition) is 0. The van der Waals surface area contributed by atoms with Crippen molar-refractivity contribution < 1.29 is 9.53 Å². The number of esters is 1. The molecular weight excluding hydrogens is 298 g/mol. The molecule has 98 valence electrons. The standard InChI is InChI=1S/C12H16BrN3O2/c1-8-7-16(4-3-10(8)11(17)18-2)12-14-5-9(13)6-15-12/h5-6,8,10H,3-4,7H2,1-2H3. The number of carbonyl (C=O) groups excluding carboxylic acids is 1. The van der Waals surface area contributed by atoms with Crippen LogP contribution in [0.4, 0.5) is 5.95 Å². The highest BCUT2D eigenvalue weighted by Gasteiger charge is 2.32. The molecular formula is C12H16BrN3O2. The highest BCUT2D eigenvalue weighted by atomic mass is 79.9. The van der Waals surface area contributed by atoms with Gasteiger partial charge in [-0.3, -0.25) is 4.79 Å². The Bertz CT molecular complexity index is 424. The van der Waals surface area contributed by atoms with E-state index in [4.69, 9.17) is 4.74 Å². The highest BCUT2D eigenvalue weighted by Crippen LogP contribution is 2.26. The summed E-state index contributed by atoms with van der Waals surface area (Å²) in [5.74, 6) is 0.840. The topological polar surface area (TPSA) is 55.3 Å². The Morgan fingerprint density at radius 2 is 2.17 bits per heavy atom. The molecule has 0 aliphatic carbocycles. The van der Waals surface area contributed by atoms with Crippen molar-refractivity contribution in [3.8, 4) is 0 Å². The quantitative estimate of drug-likeness (QED) is 0.780. The van der Waals surface area contributed by atoms with Crippen LogP contribution in [0.15, 0.2) is 16.9 Å². The molecule has 18 heavy (non-hydrogen) atoms. The minimum Gasteiger partial charge on any atom is -0.469 e. The largest absolute Gasteiger partial charge is 0.469 e. The monoisotopic (exact) mass is 313 g/mol. The maximum atomic E-state index is 11.6. The summed E-state index contributed by atoms with van der Waals surface area (Å²) in [6.45, 7) is 3.62. The third kappa shape index (κ3) is 2.80. The minimum absolute atomic E-state index is 0.0123. The maximum Gasteiger partial charge on any atom is 0.309 e. The smallest absolute Gasteiger partial charge is 0.309 e. The van der Waals surface area contributed by atoms with Gasteiger partial charge in [0.25, 0.3) is 0 Å². The Labute approximate surface area is 115 Å². The van der Waals surface area contributed by atoms with Crippen molar-refractivity contribution in [2.45, 2.75) is 13.3 Å². The lowest BCUT2D eigenvalue weighted by molar-refractivity contribution is -0.147. The summed E-state index contributed by atoms with van der Waals surface area (Å²) in [5.41, 5.74) is 0. The molecule has 1 aliphatic rings. The van der Waals surface area contributed by atoms with Crippen molar-refractivity contribution in [1.82, 2.24) is 9.97 Å². The summed E-state index contributed by atoms with van der Waals surface area (Å²) in [6, 6.07) is 0. The van der Waals surface area contributed by atoms with Crippen molar-refractivity contribution >= 4 is 27.8 Å². The number of anilines is 1. The van der Waals surface area contributed by atoms with Gasteiger partial charge >= 0.3 is 5.97 Å². The van der Waals surface area contributed by atoms with Crippen LogP contribution in [0, 0.1) is 11.8 Å². The fraction of sp³-hybridized carbons (Fsp3) is 0.583. The fourth-order valence-electron chi connectivity index (χ4n) is 2.30. The number of hydrogen-bond acceptors (Lipinski definition) is 5. The van der Waals surface area contributed by atoms with Gasteiger partial charge in [-0.05, 0) is 28.3 Å². The third-order valence-corrected chi connectivity index (χ3v) is 3.71. The summed E-state index contributed by atoms with van der Waals surface area (Å²) < 4.78 is 5.69. The average molecular weight is 314 g/mol. The molecule has 1 fully saturated rings. The zero-order valence-corrected chi connectivity index (χ0v) is 12.1. The second kappa shape index (κ2) is 5.65. The molecule has 2 atom stereocenters. The van der Waals surface area contributed by atoms with E-state index in [0.717, 1.165) is 24.0 Å². The number of rotatable bonds is 2. The van der Waals surface area contributed by atoms with Crippen LogP contribution in [-0.2, 0) is 9.53 Å². The van der Waals surface area contributed by atoms with Crippen molar-refractivity contribution in [1.29, 1.82) is 0 Å². The van der Waals surface area contributed by atoms with E-state index in [-0.39, 0.29) is 17.8 Å². The van der Waals surface area contributed by atoms with Crippen LogP contribution in [0.25, 0.3) is 0 Å². The van der Waals surface area contributed by atoms with Gasteiger partial charge in [0.2, 0.25) is 5.95 Å². The van der Waals surface area contributed by atoms with Gasteiger partial charge in [-0.1, -0.05) is 6.92 Å². The maximum absolute atomic E-state index is 11.6. The first kappa shape index (κ1) is 13.3. The van der Waals surface area contributed by atoms with Crippen LogP contribution >= 0.6 is 15.9 Å². The SMILES string of the molecule is COC(=O)C1CCN(c2ncc(Br)cn2)CC1C. The molecule has 2 rings (SSSR count). The number of piperidine rings is 1. The normalized spacial score (nSPS) is 23.8. The molecule has 0 N–H and O–H groups in total. The zero-order valence-electron chi connectivity index (χ0n) is 10.5. The van der Waals surface area contributed by atoms with E-state index in [1.54, 1.807) is 12.4 Å². The van der Waals surface area contributed by atoms with Crippen LogP contribution in [-0.4, -0.2) is 36.1 Å².